The number of pyridine rings is 1. The summed E-state index contributed by atoms with van der Waals surface area (Å²) < 4.78 is 0.993. The van der Waals surface area contributed by atoms with Gasteiger partial charge in [-0.2, -0.15) is 0 Å². The fourth-order valence-corrected chi connectivity index (χ4v) is 2.11. The second-order valence-corrected chi connectivity index (χ2v) is 5.05. The molecule has 0 unspecified atom stereocenters. The van der Waals surface area contributed by atoms with Crippen LogP contribution in [0.2, 0.25) is 0 Å². The van der Waals surface area contributed by atoms with E-state index in [-0.39, 0.29) is 6.04 Å². The Kier molecular flexibility index (Phi) is 4.52. The average molecular weight is 320 g/mol. The molecule has 0 saturated heterocycles. The van der Waals surface area contributed by atoms with Gasteiger partial charge < -0.3 is 11.1 Å². The quantitative estimate of drug-likeness (QED) is 0.909. The number of nitrogens with one attached hydrogen (secondary N) is 1. The normalized spacial score (nSPS) is 11.8. The lowest BCUT2D eigenvalue weighted by Gasteiger charge is -2.17. The number of rotatable bonds is 4. The van der Waals surface area contributed by atoms with E-state index in [1.54, 1.807) is 6.20 Å². The summed E-state index contributed by atoms with van der Waals surface area (Å²) in [5.41, 5.74) is 7.13. The van der Waals surface area contributed by atoms with E-state index in [1.165, 1.54) is 0 Å². The summed E-state index contributed by atoms with van der Waals surface area (Å²) in [6.45, 7) is 0. The number of benzene rings is 1. The molecule has 0 aliphatic heterocycles. The van der Waals surface area contributed by atoms with Crippen molar-refractivity contribution in [2.45, 2.75) is 12.5 Å². The third-order valence-electron chi connectivity index (χ3n) is 2.73. The van der Waals surface area contributed by atoms with Crippen LogP contribution in [0.25, 0.3) is 0 Å². The van der Waals surface area contributed by atoms with Gasteiger partial charge in [0.1, 0.15) is 0 Å². The van der Waals surface area contributed by atoms with Gasteiger partial charge in [0.05, 0.1) is 6.04 Å². The number of hydrogen-bond acceptors (Lipinski definition) is 2. The number of primary amides is 1. The highest BCUT2D eigenvalue weighted by molar-refractivity contribution is 9.10. The molecule has 4 nitrogen and oxygen atoms in total. The summed E-state index contributed by atoms with van der Waals surface area (Å²) in [5.74, 6) is 0. The van der Waals surface area contributed by atoms with Crippen molar-refractivity contribution in [3.63, 3.8) is 0 Å². The summed E-state index contributed by atoms with van der Waals surface area (Å²) in [5, 5.41) is 2.75. The Morgan fingerprint density at radius 2 is 2.00 bits per heavy atom. The fourth-order valence-electron chi connectivity index (χ4n) is 1.85. The van der Waals surface area contributed by atoms with Crippen LogP contribution in [0.15, 0.2) is 53.1 Å². The van der Waals surface area contributed by atoms with Crippen molar-refractivity contribution in [2.24, 2.45) is 5.73 Å². The molecular weight excluding hydrogens is 306 g/mol. The monoisotopic (exact) mass is 319 g/mol. The number of aromatic nitrogens is 1. The molecule has 1 heterocycles. The van der Waals surface area contributed by atoms with Crippen LogP contribution < -0.4 is 11.1 Å². The van der Waals surface area contributed by atoms with Crippen molar-refractivity contribution < 1.29 is 4.79 Å². The Hall–Kier alpha value is -1.88. The minimum absolute atomic E-state index is 0.180. The van der Waals surface area contributed by atoms with Gasteiger partial charge in [-0.25, -0.2) is 4.79 Å². The molecule has 0 fully saturated rings. The second-order valence-electron chi connectivity index (χ2n) is 4.14. The van der Waals surface area contributed by atoms with Gasteiger partial charge in [0.15, 0.2) is 0 Å². The number of hydrogen-bond donors (Lipinski definition) is 2. The van der Waals surface area contributed by atoms with E-state index in [9.17, 15) is 4.79 Å². The van der Waals surface area contributed by atoms with Crippen molar-refractivity contribution in [1.29, 1.82) is 0 Å². The predicted octanol–water partition coefficient (Wildman–Crippen LogP) is 2.80. The van der Waals surface area contributed by atoms with Crippen molar-refractivity contribution in [3.8, 4) is 0 Å². The van der Waals surface area contributed by atoms with Crippen molar-refractivity contribution in [1.82, 2.24) is 10.3 Å². The van der Waals surface area contributed by atoms with E-state index in [1.807, 2.05) is 42.5 Å². The SMILES string of the molecule is NC(=O)N[C@@H](Cc1ccccn1)c1ccc(Br)cc1. The first-order valence-electron chi connectivity index (χ1n) is 5.86. The fraction of sp³-hybridized carbons (Fsp3) is 0.143. The van der Waals surface area contributed by atoms with Gasteiger partial charge in [0, 0.05) is 22.8 Å². The van der Waals surface area contributed by atoms with E-state index in [0.717, 1.165) is 15.7 Å². The number of nitrogens with zero attached hydrogens (tertiary/aromatic N) is 1. The smallest absolute Gasteiger partial charge is 0.312 e. The third kappa shape index (κ3) is 4.06. The molecule has 0 aliphatic carbocycles. The first-order chi connectivity index (χ1) is 9.15. The molecule has 1 aromatic carbocycles. The molecule has 1 atom stereocenters. The molecule has 19 heavy (non-hydrogen) atoms. The highest BCUT2D eigenvalue weighted by atomic mass is 79.9. The average Bonchev–Trinajstić information content (AvgIpc) is 2.39. The molecule has 2 amide bonds. The van der Waals surface area contributed by atoms with Crippen LogP contribution >= 0.6 is 15.9 Å². The second kappa shape index (κ2) is 6.33. The molecule has 0 bridgehead atoms. The lowest BCUT2D eigenvalue weighted by Crippen LogP contribution is -2.34. The highest BCUT2D eigenvalue weighted by Gasteiger charge is 2.14. The van der Waals surface area contributed by atoms with Crippen LogP contribution in [0.3, 0.4) is 0 Å². The Morgan fingerprint density at radius 3 is 2.58 bits per heavy atom. The lowest BCUT2D eigenvalue weighted by molar-refractivity contribution is 0.245. The molecular formula is C14H14BrN3O. The first kappa shape index (κ1) is 13.5. The zero-order valence-corrected chi connectivity index (χ0v) is 11.8. The van der Waals surface area contributed by atoms with Crippen LogP contribution in [-0.4, -0.2) is 11.0 Å². The van der Waals surface area contributed by atoms with Gasteiger partial charge in [0.25, 0.3) is 0 Å². The lowest BCUT2D eigenvalue weighted by atomic mass is 10.0. The third-order valence-corrected chi connectivity index (χ3v) is 3.26. The predicted molar refractivity (Wildman–Crippen MR) is 77.5 cm³/mol. The molecule has 0 spiro atoms. The topological polar surface area (TPSA) is 68.0 Å². The summed E-state index contributed by atoms with van der Waals surface area (Å²) in [7, 11) is 0. The largest absolute Gasteiger partial charge is 0.352 e. The Morgan fingerprint density at radius 1 is 1.26 bits per heavy atom. The summed E-state index contributed by atoms with van der Waals surface area (Å²) in [6, 6.07) is 12.8. The summed E-state index contributed by atoms with van der Waals surface area (Å²) in [4.78, 5) is 15.4. The van der Waals surface area contributed by atoms with Gasteiger partial charge in [-0.1, -0.05) is 34.1 Å². The van der Waals surface area contributed by atoms with Gasteiger partial charge in [-0.05, 0) is 29.8 Å². The molecule has 2 rings (SSSR count). The van der Waals surface area contributed by atoms with Gasteiger partial charge in [-0.15, -0.1) is 0 Å². The van der Waals surface area contributed by atoms with Crippen molar-refractivity contribution in [2.75, 3.05) is 0 Å². The van der Waals surface area contributed by atoms with Crippen LogP contribution in [0.5, 0.6) is 0 Å². The number of halogens is 1. The zero-order chi connectivity index (χ0) is 13.7. The molecule has 1 aromatic heterocycles. The van der Waals surface area contributed by atoms with E-state index >= 15 is 0 Å². The Balaban J connectivity index is 2.20. The van der Waals surface area contributed by atoms with Crippen LogP contribution in [0.4, 0.5) is 4.79 Å². The maximum atomic E-state index is 11.1. The van der Waals surface area contributed by atoms with E-state index in [0.29, 0.717) is 6.42 Å². The zero-order valence-electron chi connectivity index (χ0n) is 10.2. The van der Waals surface area contributed by atoms with Crippen LogP contribution in [-0.2, 0) is 6.42 Å². The minimum atomic E-state index is -0.538. The number of amides is 2. The minimum Gasteiger partial charge on any atom is -0.352 e. The maximum absolute atomic E-state index is 11.1. The first-order valence-corrected chi connectivity index (χ1v) is 6.66. The molecule has 98 valence electrons. The molecule has 2 aromatic rings. The van der Waals surface area contributed by atoms with Crippen molar-refractivity contribution in [3.05, 3.63) is 64.4 Å². The van der Waals surface area contributed by atoms with E-state index in [2.05, 4.69) is 26.2 Å². The number of carbonyl (C=O) groups is 1. The summed E-state index contributed by atoms with van der Waals surface area (Å²) in [6.07, 6.45) is 2.34. The van der Waals surface area contributed by atoms with Crippen LogP contribution in [0, 0.1) is 0 Å². The molecule has 5 heteroatoms. The molecule has 0 aliphatic rings. The molecule has 0 saturated carbocycles. The highest BCUT2D eigenvalue weighted by Crippen LogP contribution is 2.20. The summed E-state index contributed by atoms with van der Waals surface area (Å²) >= 11 is 3.39. The Labute approximate surface area is 120 Å². The van der Waals surface area contributed by atoms with Gasteiger partial charge in [-0.3, -0.25) is 4.98 Å². The molecule has 0 radical (unpaired) electrons. The van der Waals surface area contributed by atoms with E-state index < -0.39 is 6.03 Å². The number of carbonyl (C=O) groups excluding carboxylic acids is 1. The molecule has 3 N–H and O–H groups in total. The number of nitrogens with two attached hydrogens (primary N) is 1. The van der Waals surface area contributed by atoms with Gasteiger partial charge in [0.2, 0.25) is 0 Å². The van der Waals surface area contributed by atoms with Gasteiger partial charge >= 0.3 is 6.03 Å². The Bertz CT molecular complexity index is 542. The number of urea groups is 1. The van der Waals surface area contributed by atoms with E-state index in [4.69, 9.17) is 5.73 Å². The standard InChI is InChI=1S/C14H14BrN3O/c15-11-6-4-10(5-7-11)13(18-14(16)19)9-12-3-1-2-8-17-12/h1-8,13H,9H2,(H3,16,18,19)/t13-/m0/s1. The van der Waals surface area contributed by atoms with Crippen LogP contribution in [0.1, 0.15) is 17.3 Å². The maximum Gasteiger partial charge on any atom is 0.312 e. The van der Waals surface area contributed by atoms with Crippen molar-refractivity contribution >= 4 is 22.0 Å².